The predicted octanol–water partition coefficient (Wildman–Crippen LogP) is 3.52. The molecule has 2 aromatic rings. The third kappa shape index (κ3) is 3.79. The van der Waals surface area contributed by atoms with Crippen LogP contribution in [0.3, 0.4) is 0 Å². The summed E-state index contributed by atoms with van der Waals surface area (Å²) in [6.07, 6.45) is 2.04. The standard InChI is InChI=1S/C19H19FN2O2/c1-13(23)22(16-8-9-16)18-10-7-15(20)12-17(18)21-19(24)11-14-5-3-2-4-6-14/h2-7,10,12,16H,8-9,11H2,1H3,(H,21,24). The van der Waals surface area contributed by atoms with Crippen LogP contribution in [0.1, 0.15) is 25.3 Å². The van der Waals surface area contributed by atoms with Crippen molar-refractivity contribution < 1.29 is 14.0 Å². The van der Waals surface area contributed by atoms with E-state index in [0.29, 0.717) is 11.4 Å². The Labute approximate surface area is 140 Å². The van der Waals surface area contributed by atoms with Gasteiger partial charge >= 0.3 is 0 Å². The van der Waals surface area contributed by atoms with Gasteiger partial charge in [0, 0.05) is 13.0 Å². The van der Waals surface area contributed by atoms with Crippen molar-refractivity contribution in [3.8, 4) is 0 Å². The van der Waals surface area contributed by atoms with Gasteiger partial charge in [0.25, 0.3) is 0 Å². The molecule has 2 aromatic carbocycles. The average molecular weight is 326 g/mol. The molecule has 3 rings (SSSR count). The van der Waals surface area contributed by atoms with Crippen LogP contribution in [0.4, 0.5) is 15.8 Å². The van der Waals surface area contributed by atoms with E-state index in [1.807, 2.05) is 30.3 Å². The molecule has 0 saturated heterocycles. The molecule has 0 radical (unpaired) electrons. The highest BCUT2D eigenvalue weighted by atomic mass is 19.1. The second-order valence-corrected chi connectivity index (χ2v) is 5.99. The molecule has 24 heavy (non-hydrogen) atoms. The number of hydrogen-bond acceptors (Lipinski definition) is 2. The maximum absolute atomic E-state index is 13.7. The minimum Gasteiger partial charge on any atom is -0.324 e. The number of benzene rings is 2. The molecule has 1 aliphatic rings. The number of rotatable bonds is 5. The van der Waals surface area contributed by atoms with Gasteiger partial charge in [0.1, 0.15) is 5.82 Å². The maximum Gasteiger partial charge on any atom is 0.228 e. The lowest BCUT2D eigenvalue weighted by Crippen LogP contribution is -2.32. The molecule has 0 atom stereocenters. The van der Waals surface area contributed by atoms with E-state index in [1.54, 1.807) is 11.0 Å². The van der Waals surface area contributed by atoms with Gasteiger partial charge < -0.3 is 10.2 Å². The monoisotopic (exact) mass is 326 g/mol. The van der Waals surface area contributed by atoms with Gasteiger partial charge in [-0.15, -0.1) is 0 Å². The molecule has 0 unspecified atom stereocenters. The molecule has 0 bridgehead atoms. The molecule has 0 aliphatic heterocycles. The van der Waals surface area contributed by atoms with Crippen molar-refractivity contribution in [2.45, 2.75) is 32.2 Å². The van der Waals surface area contributed by atoms with E-state index in [-0.39, 0.29) is 24.3 Å². The highest BCUT2D eigenvalue weighted by molar-refractivity contribution is 6.01. The molecule has 0 aromatic heterocycles. The molecule has 0 spiro atoms. The fourth-order valence-electron chi connectivity index (χ4n) is 2.75. The quantitative estimate of drug-likeness (QED) is 0.914. The lowest BCUT2D eigenvalue weighted by molar-refractivity contribution is -0.117. The van der Waals surface area contributed by atoms with Crippen molar-refractivity contribution in [2.75, 3.05) is 10.2 Å². The number of carbonyl (C=O) groups excluding carboxylic acids is 2. The van der Waals surface area contributed by atoms with Crippen molar-refractivity contribution >= 4 is 23.2 Å². The maximum atomic E-state index is 13.7. The third-order valence-electron chi connectivity index (χ3n) is 3.95. The zero-order valence-corrected chi connectivity index (χ0v) is 13.5. The molecule has 1 N–H and O–H groups in total. The van der Waals surface area contributed by atoms with Crippen LogP contribution in [0.2, 0.25) is 0 Å². The first-order chi connectivity index (χ1) is 11.5. The van der Waals surface area contributed by atoms with Gasteiger partial charge in [-0.3, -0.25) is 9.59 Å². The van der Waals surface area contributed by atoms with E-state index < -0.39 is 5.82 Å². The Morgan fingerprint density at radius 3 is 2.50 bits per heavy atom. The molecule has 1 aliphatic carbocycles. The fourth-order valence-corrected chi connectivity index (χ4v) is 2.75. The topological polar surface area (TPSA) is 49.4 Å². The lowest BCUT2D eigenvalue weighted by atomic mass is 10.1. The van der Waals surface area contributed by atoms with E-state index in [2.05, 4.69) is 5.32 Å². The second kappa shape index (κ2) is 6.83. The first-order valence-corrected chi connectivity index (χ1v) is 7.97. The van der Waals surface area contributed by atoms with Crippen LogP contribution in [0.15, 0.2) is 48.5 Å². The summed E-state index contributed by atoms with van der Waals surface area (Å²) >= 11 is 0. The summed E-state index contributed by atoms with van der Waals surface area (Å²) in [4.78, 5) is 25.9. The van der Waals surface area contributed by atoms with E-state index in [1.165, 1.54) is 19.1 Å². The Morgan fingerprint density at radius 2 is 1.88 bits per heavy atom. The molecule has 0 heterocycles. The first-order valence-electron chi connectivity index (χ1n) is 7.97. The molecular weight excluding hydrogens is 307 g/mol. The largest absolute Gasteiger partial charge is 0.324 e. The van der Waals surface area contributed by atoms with Gasteiger partial charge in [0.05, 0.1) is 17.8 Å². The fraction of sp³-hybridized carbons (Fsp3) is 0.263. The van der Waals surface area contributed by atoms with Crippen LogP contribution < -0.4 is 10.2 Å². The summed E-state index contributed by atoms with van der Waals surface area (Å²) in [6.45, 7) is 1.48. The van der Waals surface area contributed by atoms with Gasteiger partial charge in [-0.05, 0) is 36.6 Å². The summed E-state index contributed by atoms with van der Waals surface area (Å²) in [5, 5.41) is 2.75. The smallest absolute Gasteiger partial charge is 0.228 e. The summed E-state index contributed by atoms with van der Waals surface area (Å²) in [7, 11) is 0. The summed E-state index contributed by atoms with van der Waals surface area (Å²) in [5.74, 6) is -0.803. The van der Waals surface area contributed by atoms with Crippen LogP contribution in [0, 0.1) is 5.82 Å². The van der Waals surface area contributed by atoms with Gasteiger partial charge in [0.2, 0.25) is 11.8 Å². The minimum atomic E-state index is -0.451. The molecular formula is C19H19FN2O2. The number of halogens is 1. The Balaban J connectivity index is 1.82. The van der Waals surface area contributed by atoms with Gasteiger partial charge in [-0.1, -0.05) is 30.3 Å². The van der Waals surface area contributed by atoms with Crippen molar-refractivity contribution in [3.63, 3.8) is 0 Å². The van der Waals surface area contributed by atoms with Gasteiger partial charge in [0.15, 0.2) is 0 Å². The Kier molecular flexibility index (Phi) is 4.60. The summed E-state index contributed by atoms with van der Waals surface area (Å²) in [5.41, 5.74) is 1.75. The summed E-state index contributed by atoms with van der Waals surface area (Å²) in [6, 6.07) is 13.6. The SMILES string of the molecule is CC(=O)N(c1ccc(F)cc1NC(=O)Cc1ccccc1)C1CC1. The normalized spacial score (nSPS) is 13.4. The van der Waals surface area contributed by atoms with E-state index in [0.717, 1.165) is 18.4 Å². The van der Waals surface area contributed by atoms with Crippen LogP contribution >= 0.6 is 0 Å². The first kappa shape index (κ1) is 16.2. The number of amides is 2. The number of nitrogens with one attached hydrogen (secondary N) is 1. The Bertz CT molecular complexity index is 757. The van der Waals surface area contributed by atoms with Crippen LogP contribution in [0.5, 0.6) is 0 Å². The highest BCUT2D eigenvalue weighted by Crippen LogP contribution is 2.36. The molecule has 5 heteroatoms. The van der Waals surface area contributed by atoms with Crippen LogP contribution in [0.25, 0.3) is 0 Å². The zero-order valence-electron chi connectivity index (χ0n) is 13.5. The number of anilines is 2. The Morgan fingerprint density at radius 1 is 1.17 bits per heavy atom. The average Bonchev–Trinajstić information content (AvgIpc) is 3.35. The van der Waals surface area contributed by atoms with E-state index in [4.69, 9.17) is 0 Å². The molecule has 4 nitrogen and oxygen atoms in total. The third-order valence-corrected chi connectivity index (χ3v) is 3.95. The zero-order chi connectivity index (χ0) is 17.1. The second-order valence-electron chi connectivity index (χ2n) is 5.99. The highest BCUT2D eigenvalue weighted by Gasteiger charge is 2.33. The number of carbonyl (C=O) groups is 2. The molecule has 2 amide bonds. The Hall–Kier alpha value is -2.69. The molecule has 1 saturated carbocycles. The summed E-state index contributed by atoms with van der Waals surface area (Å²) < 4.78 is 13.7. The van der Waals surface area contributed by atoms with Crippen molar-refractivity contribution in [3.05, 3.63) is 59.9 Å². The van der Waals surface area contributed by atoms with Gasteiger partial charge in [-0.25, -0.2) is 4.39 Å². The number of nitrogens with zero attached hydrogens (tertiary/aromatic N) is 1. The van der Waals surface area contributed by atoms with Crippen molar-refractivity contribution in [1.29, 1.82) is 0 Å². The van der Waals surface area contributed by atoms with E-state index in [9.17, 15) is 14.0 Å². The van der Waals surface area contributed by atoms with Gasteiger partial charge in [-0.2, -0.15) is 0 Å². The minimum absolute atomic E-state index is 0.109. The predicted molar refractivity (Wildman–Crippen MR) is 91.4 cm³/mol. The van der Waals surface area contributed by atoms with Crippen molar-refractivity contribution in [2.24, 2.45) is 0 Å². The lowest BCUT2D eigenvalue weighted by Gasteiger charge is -2.24. The number of hydrogen-bond donors (Lipinski definition) is 1. The van der Waals surface area contributed by atoms with Crippen LogP contribution in [-0.2, 0) is 16.0 Å². The van der Waals surface area contributed by atoms with E-state index >= 15 is 0 Å². The molecule has 124 valence electrons. The van der Waals surface area contributed by atoms with Crippen LogP contribution in [-0.4, -0.2) is 17.9 Å². The molecule has 1 fully saturated rings. The van der Waals surface area contributed by atoms with Crippen molar-refractivity contribution in [1.82, 2.24) is 0 Å².